The third kappa shape index (κ3) is 3.43. The maximum atomic E-state index is 12.4. The molecule has 21 heavy (non-hydrogen) atoms. The molecular formula is C18H20N2O. The number of piperidine rings is 1. The molecule has 0 saturated carbocycles. The summed E-state index contributed by atoms with van der Waals surface area (Å²) in [5.41, 5.74) is 1.94. The second-order valence-electron chi connectivity index (χ2n) is 5.44. The molecule has 2 aromatic rings. The summed E-state index contributed by atoms with van der Waals surface area (Å²) in [4.78, 5) is 14.3. The minimum atomic E-state index is 0.147. The van der Waals surface area contributed by atoms with Gasteiger partial charge in [-0.05, 0) is 37.1 Å². The van der Waals surface area contributed by atoms with Crippen molar-refractivity contribution in [2.45, 2.75) is 18.9 Å². The van der Waals surface area contributed by atoms with E-state index >= 15 is 0 Å². The Morgan fingerprint density at radius 2 is 1.48 bits per heavy atom. The van der Waals surface area contributed by atoms with E-state index in [9.17, 15) is 4.79 Å². The number of hydrogen-bond acceptors (Lipinski definition) is 2. The van der Waals surface area contributed by atoms with Crippen molar-refractivity contribution >= 4 is 11.6 Å². The van der Waals surface area contributed by atoms with Gasteiger partial charge in [-0.3, -0.25) is 4.79 Å². The normalized spacial score (nSPS) is 15.7. The predicted octanol–water partition coefficient (Wildman–Crippen LogP) is 3.40. The lowest BCUT2D eigenvalue weighted by molar-refractivity contribution is 0.0718. The molecule has 0 bridgehead atoms. The lowest BCUT2D eigenvalue weighted by Gasteiger charge is -2.33. The molecule has 1 aliphatic rings. The van der Waals surface area contributed by atoms with E-state index in [1.807, 2.05) is 53.4 Å². The molecule has 1 amide bonds. The first-order valence-electron chi connectivity index (χ1n) is 7.49. The van der Waals surface area contributed by atoms with Crippen LogP contribution in [0.4, 0.5) is 5.69 Å². The number of para-hydroxylation sites is 1. The predicted molar refractivity (Wildman–Crippen MR) is 85.4 cm³/mol. The zero-order valence-electron chi connectivity index (χ0n) is 12.0. The Balaban J connectivity index is 1.54. The van der Waals surface area contributed by atoms with E-state index in [1.54, 1.807) is 0 Å². The van der Waals surface area contributed by atoms with Gasteiger partial charge >= 0.3 is 0 Å². The summed E-state index contributed by atoms with van der Waals surface area (Å²) in [7, 11) is 0. The van der Waals surface area contributed by atoms with Crippen molar-refractivity contribution in [1.82, 2.24) is 4.90 Å². The van der Waals surface area contributed by atoms with Gasteiger partial charge in [0.05, 0.1) is 0 Å². The fraction of sp³-hybridized carbons (Fsp3) is 0.278. The van der Waals surface area contributed by atoms with Crippen LogP contribution in [-0.4, -0.2) is 29.9 Å². The van der Waals surface area contributed by atoms with Crippen LogP contribution in [-0.2, 0) is 0 Å². The summed E-state index contributed by atoms with van der Waals surface area (Å²) in [6, 6.07) is 20.3. The molecule has 1 heterocycles. The summed E-state index contributed by atoms with van der Waals surface area (Å²) in [5, 5.41) is 3.54. The zero-order valence-corrected chi connectivity index (χ0v) is 12.0. The van der Waals surface area contributed by atoms with E-state index < -0.39 is 0 Å². The van der Waals surface area contributed by atoms with Crippen LogP contribution in [0.5, 0.6) is 0 Å². The third-order valence-electron chi connectivity index (χ3n) is 3.95. The van der Waals surface area contributed by atoms with Gasteiger partial charge in [0.15, 0.2) is 0 Å². The zero-order chi connectivity index (χ0) is 14.5. The quantitative estimate of drug-likeness (QED) is 0.934. The van der Waals surface area contributed by atoms with Gasteiger partial charge in [0.1, 0.15) is 0 Å². The fourth-order valence-electron chi connectivity index (χ4n) is 2.76. The molecule has 0 unspecified atom stereocenters. The summed E-state index contributed by atoms with van der Waals surface area (Å²) in [5.74, 6) is 0.147. The largest absolute Gasteiger partial charge is 0.382 e. The highest BCUT2D eigenvalue weighted by Gasteiger charge is 2.23. The van der Waals surface area contributed by atoms with Gasteiger partial charge in [0.2, 0.25) is 0 Å². The number of carbonyl (C=O) groups is 1. The maximum absolute atomic E-state index is 12.4. The van der Waals surface area contributed by atoms with E-state index in [2.05, 4.69) is 17.4 Å². The van der Waals surface area contributed by atoms with Gasteiger partial charge in [-0.25, -0.2) is 0 Å². The highest BCUT2D eigenvalue weighted by Crippen LogP contribution is 2.18. The summed E-state index contributed by atoms with van der Waals surface area (Å²) in [6.07, 6.45) is 1.99. The average molecular weight is 280 g/mol. The van der Waals surface area contributed by atoms with Crippen LogP contribution in [0.15, 0.2) is 60.7 Å². The molecule has 3 heteroatoms. The summed E-state index contributed by atoms with van der Waals surface area (Å²) < 4.78 is 0. The van der Waals surface area contributed by atoms with E-state index in [4.69, 9.17) is 0 Å². The first-order valence-corrected chi connectivity index (χ1v) is 7.49. The number of anilines is 1. The van der Waals surface area contributed by atoms with Crippen molar-refractivity contribution in [3.05, 3.63) is 66.2 Å². The molecule has 1 N–H and O–H groups in total. The Morgan fingerprint density at radius 3 is 2.10 bits per heavy atom. The molecule has 2 aromatic carbocycles. The van der Waals surface area contributed by atoms with Gasteiger partial charge in [-0.15, -0.1) is 0 Å². The number of nitrogens with one attached hydrogen (secondary N) is 1. The molecule has 0 spiro atoms. The molecule has 3 nitrogen and oxygen atoms in total. The standard InChI is InChI=1S/C18H20N2O/c21-18(15-7-3-1-4-8-15)20-13-11-17(12-14-20)19-16-9-5-2-6-10-16/h1-10,17,19H,11-14H2. The first kappa shape index (κ1) is 13.7. The van der Waals surface area contributed by atoms with Crippen LogP contribution in [0.25, 0.3) is 0 Å². The molecule has 0 radical (unpaired) electrons. The van der Waals surface area contributed by atoms with Gasteiger partial charge in [0, 0.05) is 30.4 Å². The highest BCUT2D eigenvalue weighted by molar-refractivity contribution is 5.94. The third-order valence-corrected chi connectivity index (χ3v) is 3.95. The second-order valence-corrected chi connectivity index (χ2v) is 5.44. The Kier molecular flexibility index (Phi) is 4.20. The molecule has 0 aromatic heterocycles. The van der Waals surface area contributed by atoms with Crippen molar-refractivity contribution in [3.8, 4) is 0 Å². The highest BCUT2D eigenvalue weighted by atomic mass is 16.2. The van der Waals surface area contributed by atoms with Gasteiger partial charge in [-0.2, -0.15) is 0 Å². The minimum Gasteiger partial charge on any atom is -0.382 e. The summed E-state index contributed by atoms with van der Waals surface area (Å²) in [6.45, 7) is 1.64. The Bertz CT molecular complexity index is 575. The van der Waals surface area contributed by atoms with Crippen molar-refractivity contribution < 1.29 is 4.79 Å². The van der Waals surface area contributed by atoms with Crippen LogP contribution < -0.4 is 5.32 Å². The van der Waals surface area contributed by atoms with E-state index in [0.29, 0.717) is 6.04 Å². The van der Waals surface area contributed by atoms with E-state index in [-0.39, 0.29) is 5.91 Å². The number of rotatable bonds is 3. The number of hydrogen-bond donors (Lipinski definition) is 1. The number of likely N-dealkylation sites (tertiary alicyclic amines) is 1. The fourth-order valence-corrected chi connectivity index (χ4v) is 2.76. The van der Waals surface area contributed by atoms with Crippen LogP contribution in [0.1, 0.15) is 23.2 Å². The minimum absolute atomic E-state index is 0.147. The Hall–Kier alpha value is -2.29. The van der Waals surface area contributed by atoms with Crippen LogP contribution >= 0.6 is 0 Å². The molecule has 108 valence electrons. The second kappa shape index (κ2) is 6.44. The van der Waals surface area contributed by atoms with Crippen LogP contribution in [0.3, 0.4) is 0 Å². The molecule has 1 saturated heterocycles. The number of carbonyl (C=O) groups excluding carboxylic acids is 1. The van der Waals surface area contributed by atoms with Crippen molar-refractivity contribution in [1.29, 1.82) is 0 Å². The van der Waals surface area contributed by atoms with Crippen molar-refractivity contribution in [2.24, 2.45) is 0 Å². The van der Waals surface area contributed by atoms with Crippen molar-refractivity contribution in [2.75, 3.05) is 18.4 Å². The first-order chi connectivity index (χ1) is 10.3. The molecule has 3 rings (SSSR count). The average Bonchev–Trinajstić information content (AvgIpc) is 2.57. The molecule has 0 aliphatic carbocycles. The van der Waals surface area contributed by atoms with Crippen molar-refractivity contribution in [3.63, 3.8) is 0 Å². The lowest BCUT2D eigenvalue weighted by Crippen LogP contribution is -2.42. The van der Waals surface area contributed by atoms with Gasteiger partial charge in [0.25, 0.3) is 5.91 Å². The monoisotopic (exact) mass is 280 g/mol. The lowest BCUT2D eigenvalue weighted by atomic mass is 10.0. The maximum Gasteiger partial charge on any atom is 0.253 e. The van der Waals surface area contributed by atoms with Gasteiger partial charge in [-0.1, -0.05) is 36.4 Å². The van der Waals surface area contributed by atoms with E-state index in [0.717, 1.165) is 37.2 Å². The Labute approximate surface area is 125 Å². The number of amides is 1. The molecule has 0 atom stereocenters. The smallest absolute Gasteiger partial charge is 0.253 e. The molecule has 1 aliphatic heterocycles. The molecule has 1 fully saturated rings. The number of nitrogens with zero attached hydrogens (tertiary/aromatic N) is 1. The van der Waals surface area contributed by atoms with Crippen LogP contribution in [0.2, 0.25) is 0 Å². The Morgan fingerprint density at radius 1 is 0.905 bits per heavy atom. The van der Waals surface area contributed by atoms with Gasteiger partial charge < -0.3 is 10.2 Å². The molecular weight excluding hydrogens is 260 g/mol. The number of benzene rings is 2. The summed E-state index contributed by atoms with van der Waals surface area (Å²) >= 11 is 0. The topological polar surface area (TPSA) is 32.3 Å². The SMILES string of the molecule is O=C(c1ccccc1)N1CCC(Nc2ccccc2)CC1. The van der Waals surface area contributed by atoms with E-state index in [1.165, 1.54) is 0 Å². The van der Waals surface area contributed by atoms with Crippen LogP contribution in [0, 0.1) is 0 Å².